The minimum Gasteiger partial charge on any atom is -0.273 e. The summed E-state index contributed by atoms with van der Waals surface area (Å²) < 4.78 is 12.9. The molecule has 3 nitrogen and oxygen atoms in total. The minimum absolute atomic E-state index is 0.186. The van der Waals surface area contributed by atoms with Gasteiger partial charge in [0.1, 0.15) is 5.82 Å². The van der Waals surface area contributed by atoms with Gasteiger partial charge in [0.15, 0.2) is 0 Å². The van der Waals surface area contributed by atoms with Gasteiger partial charge in [0.05, 0.1) is 17.7 Å². The number of halogens is 3. The number of nitrogens with zero attached hydrogens (tertiary/aromatic N) is 1. The number of hydrazone groups is 1. The molecule has 0 aliphatic carbocycles. The van der Waals surface area contributed by atoms with Crippen LogP contribution in [0, 0.1) is 5.82 Å². The lowest BCUT2D eigenvalue weighted by atomic mass is 10.1. The lowest BCUT2D eigenvalue weighted by Gasteiger charge is -2.01. The third-order valence-corrected chi connectivity index (χ3v) is 3.21. The first-order valence-corrected chi connectivity index (χ1v) is 6.81. The molecule has 0 aromatic heterocycles. The second kappa shape index (κ2) is 7.20. The molecule has 0 saturated heterocycles. The number of rotatable bonds is 4. The summed E-state index contributed by atoms with van der Waals surface area (Å²) in [6.07, 6.45) is 1.55. The number of hydrogen-bond donors (Lipinski definition) is 1. The van der Waals surface area contributed by atoms with Crippen LogP contribution in [0.5, 0.6) is 0 Å². The highest BCUT2D eigenvalue weighted by molar-refractivity contribution is 6.33. The van der Waals surface area contributed by atoms with Crippen molar-refractivity contribution in [1.82, 2.24) is 5.43 Å². The van der Waals surface area contributed by atoms with E-state index in [2.05, 4.69) is 10.5 Å². The average molecular weight is 325 g/mol. The molecule has 21 heavy (non-hydrogen) atoms. The Morgan fingerprint density at radius 1 is 1.19 bits per heavy atom. The molecule has 0 radical (unpaired) electrons. The molecule has 2 aromatic rings. The van der Waals surface area contributed by atoms with Gasteiger partial charge in [0.25, 0.3) is 0 Å². The zero-order valence-corrected chi connectivity index (χ0v) is 12.3. The first-order valence-electron chi connectivity index (χ1n) is 6.06. The van der Waals surface area contributed by atoms with E-state index in [0.29, 0.717) is 10.6 Å². The van der Waals surface area contributed by atoms with E-state index in [-0.39, 0.29) is 17.4 Å². The molecule has 0 aliphatic rings. The van der Waals surface area contributed by atoms with Crippen LogP contribution in [-0.2, 0) is 11.2 Å². The smallest absolute Gasteiger partial charge is 0.244 e. The predicted molar refractivity (Wildman–Crippen MR) is 82.3 cm³/mol. The van der Waals surface area contributed by atoms with Crippen LogP contribution in [0.3, 0.4) is 0 Å². The molecule has 0 heterocycles. The van der Waals surface area contributed by atoms with Gasteiger partial charge in [0.2, 0.25) is 5.91 Å². The SMILES string of the molecule is O=C(Cc1ccc(Cl)cc1)NN=Cc1ccc(F)cc1Cl. The average Bonchev–Trinajstić information content (AvgIpc) is 2.44. The second-order valence-corrected chi connectivity index (χ2v) is 5.11. The topological polar surface area (TPSA) is 41.5 Å². The third kappa shape index (κ3) is 4.85. The standard InChI is InChI=1S/C15H11Cl2FN2O/c16-12-4-1-10(2-5-12)7-15(21)20-19-9-11-3-6-13(18)8-14(11)17/h1-6,8-9H,7H2,(H,20,21). The van der Waals surface area contributed by atoms with Crippen LogP contribution < -0.4 is 5.43 Å². The van der Waals surface area contributed by atoms with E-state index in [1.165, 1.54) is 24.4 Å². The van der Waals surface area contributed by atoms with Crippen molar-refractivity contribution in [2.24, 2.45) is 5.10 Å². The summed E-state index contributed by atoms with van der Waals surface area (Å²) in [6.45, 7) is 0. The van der Waals surface area contributed by atoms with Gasteiger partial charge >= 0.3 is 0 Å². The normalized spacial score (nSPS) is 10.8. The number of amides is 1. The van der Waals surface area contributed by atoms with E-state index in [1.807, 2.05) is 0 Å². The van der Waals surface area contributed by atoms with Crippen molar-refractivity contribution in [1.29, 1.82) is 0 Å². The summed E-state index contributed by atoms with van der Waals surface area (Å²) in [6, 6.07) is 10.9. The van der Waals surface area contributed by atoms with Crippen molar-refractivity contribution >= 4 is 35.3 Å². The van der Waals surface area contributed by atoms with Gasteiger partial charge < -0.3 is 0 Å². The van der Waals surface area contributed by atoms with Crippen LogP contribution in [0.1, 0.15) is 11.1 Å². The lowest BCUT2D eigenvalue weighted by Crippen LogP contribution is -2.19. The Kier molecular flexibility index (Phi) is 5.31. The predicted octanol–water partition coefficient (Wildman–Crippen LogP) is 3.83. The van der Waals surface area contributed by atoms with Crippen LogP contribution >= 0.6 is 23.2 Å². The maximum Gasteiger partial charge on any atom is 0.244 e. The van der Waals surface area contributed by atoms with Crippen molar-refractivity contribution in [2.75, 3.05) is 0 Å². The van der Waals surface area contributed by atoms with Crippen molar-refractivity contribution in [3.05, 3.63) is 69.5 Å². The van der Waals surface area contributed by atoms with Gasteiger partial charge in [-0.3, -0.25) is 4.79 Å². The van der Waals surface area contributed by atoms with Gasteiger partial charge in [-0.25, -0.2) is 9.82 Å². The van der Waals surface area contributed by atoms with Crippen molar-refractivity contribution in [3.8, 4) is 0 Å². The summed E-state index contributed by atoms with van der Waals surface area (Å²) in [7, 11) is 0. The maximum absolute atomic E-state index is 12.9. The van der Waals surface area contributed by atoms with Gasteiger partial charge in [-0.1, -0.05) is 35.3 Å². The quantitative estimate of drug-likeness (QED) is 0.674. The van der Waals surface area contributed by atoms with E-state index < -0.39 is 5.82 Å². The van der Waals surface area contributed by atoms with Crippen LogP contribution in [-0.4, -0.2) is 12.1 Å². The van der Waals surface area contributed by atoms with Crippen LogP contribution in [0.15, 0.2) is 47.6 Å². The number of nitrogens with one attached hydrogen (secondary N) is 1. The first kappa shape index (κ1) is 15.5. The van der Waals surface area contributed by atoms with E-state index >= 15 is 0 Å². The molecule has 0 unspecified atom stereocenters. The maximum atomic E-state index is 12.9. The molecule has 1 N–H and O–H groups in total. The molecule has 108 valence electrons. The van der Waals surface area contributed by atoms with E-state index in [0.717, 1.165) is 5.56 Å². The number of carbonyl (C=O) groups is 1. The first-order chi connectivity index (χ1) is 10.0. The summed E-state index contributed by atoms with van der Waals surface area (Å²) in [4.78, 5) is 11.7. The van der Waals surface area contributed by atoms with Gasteiger partial charge in [-0.15, -0.1) is 0 Å². The highest BCUT2D eigenvalue weighted by Gasteiger charge is 2.02. The molecule has 0 aliphatic heterocycles. The van der Waals surface area contributed by atoms with Gasteiger partial charge in [0, 0.05) is 10.6 Å². The van der Waals surface area contributed by atoms with Crippen LogP contribution in [0.2, 0.25) is 10.0 Å². The third-order valence-electron chi connectivity index (χ3n) is 2.63. The molecule has 6 heteroatoms. The molecule has 0 spiro atoms. The van der Waals surface area contributed by atoms with E-state index in [9.17, 15) is 9.18 Å². The summed E-state index contributed by atoms with van der Waals surface area (Å²) in [5, 5.41) is 4.63. The lowest BCUT2D eigenvalue weighted by molar-refractivity contribution is -0.120. The molecular formula is C15H11Cl2FN2O. The Hall–Kier alpha value is -1.91. The van der Waals surface area contributed by atoms with E-state index in [4.69, 9.17) is 23.2 Å². The molecule has 0 saturated carbocycles. The zero-order valence-electron chi connectivity index (χ0n) is 10.8. The largest absolute Gasteiger partial charge is 0.273 e. The highest BCUT2D eigenvalue weighted by atomic mass is 35.5. The summed E-state index contributed by atoms with van der Waals surface area (Å²) >= 11 is 11.6. The second-order valence-electron chi connectivity index (χ2n) is 4.26. The molecule has 1 amide bonds. The molecule has 0 bridgehead atoms. The van der Waals surface area contributed by atoms with Crippen molar-refractivity contribution in [3.63, 3.8) is 0 Å². The number of hydrogen-bond acceptors (Lipinski definition) is 2. The Morgan fingerprint density at radius 3 is 2.57 bits per heavy atom. The van der Waals surface area contributed by atoms with Gasteiger partial charge in [-0.05, 0) is 35.9 Å². The Balaban J connectivity index is 1.91. The summed E-state index contributed by atoms with van der Waals surface area (Å²) in [5.74, 6) is -0.698. The van der Waals surface area contributed by atoms with Crippen molar-refractivity contribution < 1.29 is 9.18 Å². The van der Waals surface area contributed by atoms with E-state index in [1.54, 1.807) is 24.3 Å². The summed E-state index contributed by atoms with van der Waals surface area (Å²) in [5.41, 5.74) is 3.73. The Morgan fingerprint density at radius 2 is 1.90 bits per heavy atom. The Bertz CT molecular complexity index is 672. The minimum atomic E-state index is -0.427. The molecular weight excluding hydrogens is 314 g/mol. The van der Waals surface area contributed by atoms with Crippen LogP contribution in [0.4, 0.5) is 4.39 Å². The number of benzene rings is 2. The fourth-order valence-electron chi connectivity index (χ4n) is 1.61. The zero-order chi connectivity index (χ0) is 15.2. The van der Waals surface area contributed by atoms with Crippen molar-refractivity contribution in [2.45, 2.75) is 6.42 Å². The highest BCUT2D eigenvalue weighted by Crippen LogP contribution is 2.15. The molecule has 2 aromatic carbocycles. The number of carbonyl (C=O) groups excluding carboxylic acids is 1. The van der Waals surface area contributed by atoms with Crippen LogP contribution in [0.25, 0.3) is 0 Å². The molecule has 2 rings (SSSR count). The monoisotopic (exact) mass is 324 g/mol. The van der Waals surface area contributed by atoms with Gasteiger partial charge in [-0.2, -0.15) is 5.10 Å². The molecule has 0 fully saturated rings. The Labute approximate surface area is 131 Å². The fraction of sp³-hybridized carbons (Fsp3) is 0.0667. The fourth-order valence-corrected chi connectivity index (χ4v) is 1.95. The molecule has 0 atom stereocenters.